The summed E-state index contributed by atoms with van der Waals surface area (Å²) >= 11 is 0. The maximum Gasteiger partial charge on any atom is 0.126 e. The molecule has 0 spiro atoms. The predicted molar refractivity (Wildman–Crippen MR) is 110 cm³/mol. The number of phenolic OH excluding ortho intramolecular Hbond substituents is 1. The van der Waals surface area contributed by atoms with E-state index < -0.39 is 0 Å². The first-order chi connectivity index (χ1) is 13.0. The third-order valence-electron chi connectivity index (χ3n) is 5.39. The maximum atomic E-state index is 9.88. The van der Waals surface area contributed by atoms with Gasteiger partial charge in [0.2, 0.25) is 0 Å². The Balaban J connectivity index is 1.83. The molecule has 0 amide bonds. The smallest absolute Gasteiger partial charge is 0.126 e. The zero-order chi connectivity index (χ0) is 19.0. The fraction of sp³-hybridized carbons (Fsp3) is 0.250. The molecule has 0 aliphatic carbocycles. The summed E-state index contributed by atoms with van der Waals surface area (Å²) in [6.45, 7) is 2.72. The van der Waals surface area contributed by atoms with Crippen molar-refractivity contribution >= 4 is 5.69 Å². The second-order valence-corrected chi connectivity index (χ2v) is 7.52. The molecule has 138 valence electrons. The summed E-state index contributed by atoms with van der Waals surface area (Å²) in [4.78, 5) is 2.11. The van der Waals surface area contributed by atoms with E-state index in [1.807, 2.05) is 6.07 Å². The van der Waals surface area contributed by atoms with Crippen LogP contribution in [0.15, 0.2) is 66.7 Å². The Morgan fingerprint density at radius 3 is 2.41 bits per heavy atom. The van der Waals surface area contributed by atoms with Gasteiger partial charge in [-0.1, -0.05) is 48.0 Å². The van der Waals surface area contributed by atoms with Gasteiger partial charge in [-0.25, -0.2) is 0 Å². The van der Waals surface area contributed by atoms with Crippen LogP contribution >= 0.6 is 0 Å². The quantitative estimate of drug-likeness (QED) is 0.708. The second kappa shape index (κ2) is 6.99. The van der Waals surface area contributed by atoms with E-state index >= 15 is 0 Å². The number of hydrogen-bond acceptors (Lipinski definition) is 3. The first-order valence-corrected chi connectivity index (χ1v) is 9.32. The van der Waals surface area contributed by atoms with E-state index in [2.05, 4.69) is 74.4 Å². The van der Waals surface area contributed by atoms with Gasteiger partial charge in [-0.05, 0) is 36.2 Å². The van der Waals surface area contributed by atoms with Crippen molar-refractivity contribution in [3.8, 4) is 11.5 Å². The highest BCUT2D eigenvalue weighted by Crippen LogP contribution is 2.47. The van der Waals surface area contributed by atoms with Crippen molar-refractivity contribution in [2.75, 3.05) is 25.6 Å². The number of aryl methyl sites for hydroxylation is 1. The van der Waals surface area contributed by atoms with Gasteiger partial charge >= 0.3 is 0 Å². The van der Waals surface area contributed by atoms with Crippen molar-refractivity contribution in [1.29, 1.82) is 0 Å². The average Bonchev–Trinajstić information content (AvgIpc) is 2.67. The third kappa shape index (κ3) is 3.37. The standard InChI is InChI=1S/C24H25NO2/c1-16-5-4-6-18(13-16)22-15-27-23-14-20(26)11-12-21(23)24(22)17-7-9-19(10-8-17)25(2)3/h4-14,22,24,26H,15H2,1-3H3. The summed E-state index contributed by atoms with van der Waals surface area (Å²) in [5.74, 6) is 1.43. The molecule has 0 aromatic heterocycles. The van der Waals surface area contributed by atoms with Crippen LogP contribution < -0.4 is 9.64 Å². The van der Waals surface area contributed by atoms with Crippen LogP contribution in [-0.2, 0) is 0 Å². The Hall–Kier alpha value is -2.94. The third-order valence-corrected chi connectivity index (χ3v) is 5.39. The molecule has 1 heterocycles. The molecule has 4 rings (SSSR count). The van der Waals surface area contributed by atoms with Gasteiger partial charge in [0.15, 0.2) is 0 Å². The lowest BCUT2D eigenvalue weighted by atomic mass is 9.75. The number of anilines is 1. The van der Waals surface area contributed by atoms with Crippen LogP contribution in [0.4, 0.5) is 5.69 Å². The van der Waals surface area contributed by atoms with Crippen LogP contribution in [0.2, 0.25) is 0 Å². The number of rotatable bonds is 3. The first-order valence-electron chi connectivity index (χ1n) is 9.32. The first kappa shape index (κ1) is 17.5. The Bertz CT molecular complexity index is 947. The van der Waals surface area contributed by atoms with Gasteiger partial charge in [-0.3, -0.25) is 0 Å². The van der Waals surface area contributed by atoms with Gasteiger partial charge in [-0.2, -0.15) is 0 Å². The summed E-state index contributed by atoms with van der Waals surface area (Å²) in [6, 6.07) is 22.9. The van der Waals surface area contributed by atoms with Gasteiger partial charge in [0.05, 0.1) is 6.61 Å². The van der Waals surface area contributed by atoms with Crippen LogP contribution in [-0.4, -0.2) is 25.8 Å². The van der Waals surface area contributed by atoms with Crippen LogP contribution in [0, 0.1) is 6.92 Å². The number of ether oxygens (including phenoxy) is 1. The van der Waals surface area contributed by atoms with Crippen molar-refractivity contribution in [2.45, 2.75) is 18.8 Å². The lowest BCUT2D eigenvalue weighted by Crippen LogP contribution is -2.25. The summed E-state index contributed by atoms with van der Waals surface area (Å²) in [5, 5.41) is 9.88. The van der Waals surface area contributed by atoms with Crippen LogP contribution in [0.1, 0.15) is 34.1 Å². The summed E-state index contributed by atoms with van der Waals surface area (Å²) in [5.41, 5.74) is 6.12. The number of aromatic hydroxyl groups is 1. The van der Waals surface area contributed by atoms with Crippen molar-refractivity contribution in [3.63, 3.8) is 0 Å². The van der Waals surface area contributed by atoms with Gasteiger partial charge < -0.3 is 14.7 Å². The molecule has 3 heteroatoms. The number of phenols is 1. The average molecular weight is 359 g/mol. The molecule has 0 bridgehead atoms. The molecule has 0 saturated heterocycles. The topological polar surface area (TPSA) is 32.7 Å². The van der Waals surface area contributed by atoms with E-state index in [1.54, 1.807) is 12.1 Å². The number of benzene rings is 3. The molecule has 0 fully saturated rings. The van der Waals surface area contributed by atoms with Crippen molar-refractivity contribution in [2.24, 2.45) is 0 Å². The molecule has 2 atom stereocenters. The van der Waals surface area contributed by atoms with E-state index in [-0.39, 0.29) is 17.6 Å². The molecular weight excluding hydrogens is 334 g/mol. The van der Waals surface area contributed by atoms with Crippen molar-refractivity contribution in [3.05, 3.63) is 89.0 Å². The van der Waals surface area contributed by atoms with E-state index in [0.717, 1.165) is 11.3 Å². The van der Waals surface area contributed by atoms with E-state index in [4.69, 9.17) is 4.74 Å². The monoisotopic (exact) mass is 359 g/mol. The largest absolute Gasteiger partial charge is 0.508 e. The summed E-state index contributed by atoms with van der Waals surface area (Å²) in [6.07, 6.45) is 0. The highest BCUT2D eigenvalue weighted by atomic mass is 16.5. The van der Waals surface area contributed by atoms with Crippen molar-refractivity contribution in [1.82, 2.24) is 0 Å². The normalized spacial score (nSPS) is 18.5. The van der Waals surface area contributed by atoms with Crippen LogP contribution in [0.5, 0.6) is 11.5 Å². The highest BCUT2D eigenvalue weighted by Gasteiger charge is 2.33. The predicted octanol–water partition coefficient (Wildman–Crippen LogP) is 5.07. The highest BCUT2D eigenvalue weighted by molar-refractivity contribution is 5.53. The Morgan fingerprint density at radius 2 is 1.70 bits per heavy atom. The van der Waals surface area contributed by atoms with E-state index in [1.165, 1.54) is 22.4 Å². The Labute approximate surface area is 160 Å². The van der Waals surface area contributed by atoms with Gasteiger partial charge in [0.25, 0.3) is 0 Å². The summed E-state index contributed by atoms with van der Waals surface area (Å²) in [7, 11) is 4.11. The van der Waals surface area contributed by atoms with E-state index in [9.17, 15) is 5.11 Å². The molecular formula is C24H25NO2. The molecule has 1 aliphatic heterocycles. The Morgan fingerprint density at radius 1 is 0.926 bits per heavy atom. The Kier molecular flexibility index (Phi) is 4.53. The SMILES string of the molecule is Cc1cccc(C2COc3cc(O)ccc3C2c2ccc(N(C)C)cc2)c1. The fourth-order valence-corrected chi connectivity index (χ4v) is 3.98. The molecule has 27 heavy (non-hydrogen) atoms. The molecule has 2 unspecified atom stereocenters. The molecule has 1 N–H and O–H groups in total. The van der Waals surface area contributed by atoms with Crippen LogP contribution in [0.3, 0.4) is 0 Å². The van der Waals surface area contributed by atoms with Gasteiger partial charge in [-0.15, -0.1) is 0 Å². The van der Waals surface area contributed by atoms with E-state index in [0.29, 0.717) is 6.61 Å². The minimum Gasteiger partial charge on any atom is -0.508 e. The molecule has 3 aromatic carbocycles. The van der Waals surface area contributed by atoms with Gasteiger partial charge in [0, 0.05) is 43.2 Å². The lowest BCUT2D eigenvalue weighted by Gasteiger charge is -2.35. The fourth-order valence-electron chi connectivity index (χ4n) is 3.98. The molecule has 0 saturated carbocycles. The minimum atomic E-state index is 0.187. The number of fused-ring (bicyclic) bond motifs is 1. The number of nitrogens with zero attached hydrogens (tertiary/aromatic N) is 1. The van der Waals surface area contributed by atoms with Gasteiger partial charge in [0.1, 0.15) is 11.5 Å². The van der Waals surface area contributed by atoms with Crippen LogP contribution in [0.25, 0.3) is 0 Å². The van der Waals surface area contributed by atoms with Crippen molar-refractivity contribution < 1.29 is 9.84 Å². The lowest BCUT2D eigenvalue weighted by molar-refractivity contribution is 0.247. The summed E-state index contributed by atoms with van der Waals surface area (Å²) < 4.78 is 6.06. The molecule has 0 radical (unpaired) electrons. The maximum absolute atomic E-state index is 9.88. The zero-order valence-electron chi connectivity index (χ0n) is 16.0. The zero-order valence-corrected chi connectivity index (χ0v) is 16.0. The molecule has 1 aliphatic rings. The molecule has 3 nitrogen and oxygen atoms in total. The number of hydrogen-bond donors (Lipinski definition) is 1. The second-order valence-electron chi connectivity index (χ2n) is 7.52. The minimum absolute atomic E-state index is 0.187. The molecule has 3 aromatic rings.